The van der Waals surface area contributed by atoms with Crippen LogP contribution in [0.4, 0.5) is 5.82 Å². The van der Waals surface area contributed by atoms with Gasteiger partial charge in [0.15, 0.2) is 0 Å². The van der Waals surface area contributed by atoms with Crippen LogP contribution in [0.2, 0.25) is 5.02 Å². The van der Waals surface area contributed by atoms with E-state index >= 15 is 0 Å². The fourth-order valence-electron chi connectivity index (χ4n) is 3.31. The minimum absolute atomic E-state index is 0.00910. The van der Waals surface area contributed by atoms with E-state index in [-0.39, 0.29) is 18.1 Å². The van der Waals surface area contributed by atoms with E-state index in [2.05, 4.69) is 29.0 Å². The maximum atomic E-state index is 12.1. The highest BCUT2D eigenvalue weighted by molar-refractivity contribution is 6.31. The smallest absolute Gasteiger partial charge is 0.220 e. The van der Waals surface area contributed by atoms with Gasteiger partial charge in [0, 0.05) is 37.3 Å². The predicted octanol–water partition coefficient (Wildman–Crippen LogP) is 3.60. The van der Waals surface area contributed by atoms with Crippen molar-refractivity contribution >= 4 is 23.3 Å². The van der Waals surface area contributed by atoms with Crippen molar-refractivity contribution in [2.75, 3.05) is 18.0 Å². The Morgan fingerprint density at radius 3 is 2.63 bits per heavy atom. The lowest BCUT2D eigenvalue weighted by molar-refractivity contribution is -0.121. The number of aryl methyl sites for hydroxylation is 1. The zero-order valence-corrected chi connectivity index (χ0v) is 16.6. The number of aromatic nitrogens is 1. The molecule has 2 heterocycles. The second kappa shape index (κ2) is 9.20. The highest BCUT2D eigenvalue weighted by atomic mass is 35.5. The first-order valence-corrected chi connectivity index (χ1v) is 9.74. The number of nitrogens with zero attached hydrogens (tertiary/aromatic N) is 2. The van der Waals surface area contributed by atoms with Gasteiger partial charge in [-0.1, -0.05) is 35.9 Å². The van der Waals surface area contributed by atoms with Crippen LogP contribution in [0.15, 0.2) is 42.6 Å². The number of amides is 1. The van der Waals surface area contributed by atoms with Crippen molar-refractivity contribution in [1.82, 2.24) is 10.3 Å². The summed E-state index contributed by atoms with van der Waals surface area (Å²) in [5.41, 5.74) is 1.98. The Kier molecular flexibility index (Phi) is 6.69. The van der Waals surface area contributed by atoms with E-state index < -0.39 is 0 Å². The number of nitrogens with one attached hydrogen (secondary N) is 1. The number of ether oxygens (including phenoxy) is 1. The molecule has 1 aliphatic heterocycles. The Morgan fingerprint density at radius 1 is 1.22 bits per heavy atom. The third-order valence-corrected chi connectivity index (χ3v) is 4.99. The Balaban J connectivity index is 1.47. The summed E-state index contributed by atoms with van der Waals surface area (Å²) >= 11 is 6.13. The maximum absolute atomic E-state index is 12.1. The van der Waals surface area contributed by atoms with E-state index in [0.717, 1.165) is 30.0 Å². The van der Waals surface area contributed by atoms with Crippen LogP contribution in [0.1, 0.15) is 31.4 Å². The zero-order chi connectivity index (χ0) is 19.2. The van der Waals surface area contributed by atoms with Crippen LogP contribution in [0.5, 0.6) is 0 Å². The van der Waals surface area contributed by atoms with Gasteiger partial charge >= 0.3 is 0 Å². The van der Waals surface area contributed by atoms with Crippen molar-refractivity contribution in [3.63, 3.8) is 0 Å². The molecule has 0 aliphatic carbocycles. The lowest BCUT2D eigenvalue weighted by atomic mass is 10.1. The number of hydrogen-bond acceptors (Lipinski definition) is 4. The molecule has 144 valence electrons. The molecule has 2 aromatic rings. The number of benzene rings is 1. The molecule has 0 radical (unpaired) electrons. The van der Waals surface area contributed by atoms with Crippen molar-refractivity contribution in [3.8, 4) is 0 Å². The zero-order valence-electron chi connectivity index (χ0n) is 15.8. The first kappa shape index (κ1) is 19.6. The monoisotopic (exact) mass is 387 g/mol. The number of carbonyl (C=O) groups is 1. The number of hydrogen-bond donors (Lipinski definition) is 1. The van der Waals surface area contributed by atoms with Crippen molar-refractivity contribution < 1.29 is 9.53 Å². The third-order valence-electron chi connectivity index (χ3n) is 4.62. The molecular weight excluding hydrogens is 362 g/mol. The Bertz CT molecular complexity index is 756. The molecule has 2 atom stereocenters. The molecule has 3 rings (SSSR count). The highest BCUT2D eigenvalue weighted by Gasteiger charge is 2.22. The van der Waals surface area contributed by atoms with Crippen molar-refractivity contribution in [3.05, 3.63) is 58.7 Å². The summed E-state index contributed by atoms with van der Waals surface area (Å²) in [6.45, 7) is 6.32. The number of anilines is 1. The lowest BCUT2D eigenvalue weighted by Gasteiger charge is -2.36. The molecule has 1 aromatic heterocycles. The average Bonchev–Trinajstić information content (AvgIpc) is 2.65. The standard InChI is InChI=1S/C21H26ClN3O2/c1-15-13-25(14-16(2)27-15)20-9-7-17(11-23-20)12-24-21(26)10-8-18-5-3-4-6-19(18)22/h3-7,9,11,15-16H,8,10,12-14H2,1-2H3,(H,24,26). The summed E-state index contributed by atoms with van der Waals surface area (Å²) in [5.74, 6) is 0.959. The van der Waals surface area contributed by atoms with Crippen LogP contribution in [0.3, 0.4) is 0 Å². The van der Waals surface area contributed by atoms with Crippen LogP contribution < -0.4 is 10.2 Å². The van der Waals surface area contributed by atoms with Crippen LogP contribution in [0.25, 0.3) is 0 Å². The molecule has 27 heavy (non-hydrogen) atoms. The number of rotatable bonds is 6. The van der Waals surface area contributed by atoms with E-state index in [0.29, 0.717) is 24.4 Å². The molecule has 1 saturated heterocycles. The van der Waals surface area contributed by atoms with Crippen LogP contribution in [-0.4, -0.2) is 36.2 Å². The van der Waals surface area contributed by atoms with Crippen LogP contribution in [-0.2, 0) is 22.5 Å². The van der Waals surface area contributed by atoms with Gasteiger partial charge in [0.05, 0.1) is 12.2 Å². The molecule has 1 amide bonds. The van der Waals surface area contributed by atoms with Gasteiger partial charge in [0.1, 0.15) is 5.82 Å². The first-order valence-electron chi connectivity index (χ1n) is 9.36. The first-order chi connectivity index (χ1) is 13.0. The molecule has 1 fully saturated rings. The minimum atomic E-state index is 0.00910. The molecule has 1 aromatic carbocycles. The van der Waals surface area contributed by atoms with E-state index in [4.69, 9.17) is 16.3 Å². The van der Waals surface area contributed by atoms with E-state index in [1.807, 2.05) is 42.6 Å². The Labute approximate surface area is 165 Å². The fourth-order valence-corrected chi connectivity index (χ4v) is 3.54. The number of morpholine rings is 1. The molecule has 1 aliphatic rings. The second-order valence-electron chi connectivity index (χ2n) is 7.06. The predicted molar refractivity (Wildman–Crippen MR) is 108 cm³/mol. The number of carbonyl (C=O) groups excluding carboxylic acids is 1. The van der Waals surface area contributed by atoms with E-state index in [1.165, 1.54) is 0 Å². The molecule has 0 saturated carbocycles. The fraction of sp³-hybridized carbons (Fsp3) is 0.429. The summed E-state index contributed by atoms with van der Waals surface area (Å²) in [6.07, 6.45) is 3.28. The van der Waals surface area contributed by atoms with Crippen molar-refractivity contribution in [2.24, 2.45) is 0 Å². The van der Waals surface area contributed by atoms with Gasteiger partial charge in [-0.05, 0) is 43.5 Å². The Hall–Kier alpha value is -2.11. The molecule has 6 heteroatoms. The lowest BCUT2D eigenvalue weighted by Crippen LogP contribution is -2.45. The molecule has 5 nitrogen and oxygen atoms in total. The summed E-state index contributed by atoms with van der Waals surface area (Å²) in [4.78, 5) is 18.9. The van der Waals surface area contributed by atoms with E-state index in [9.17, 15) is 4.79 Å². The second-order valence-corrected chi connectivity index (χ2v) is 7.46. The van der Waals surface area contributed by atoms with Crippen molar-refractivity contribution in [2.45, 2.75) is 45.4 Å². The quantitative estimate of drug-likeness (QED) is 0.822. The molecule has 0 bridgehead atoms. The normalized spacial score (nSPS) is 19.7. The van der Waals surface area contributed by atoms with Crippen LogP contribution >= 0.6 is 11.6 Å². The summed E-state index contributed by atoms with van der Waals surface area (Å²) in [6, 6.07) is 11.6. The van der Waals surface area contributed by atoms with Gasteiger partial charge in [0.25, 0.3) is 0 Å². The number of pyridine rings is 1. The van der Waals surface area contributed by atoms with Gasteiger partial charge in [-0.2, -0.15) is 0 Å². The van der Waals surface area contributed by atoms with Gasteiger partial charge < -0.3 is 15.0 Å². The Morgan fingerprint density at radius 2 is 1.96 bits per heavy atom. The topological polar surface area (TPSA) is 54.5 Å². The minimum Gasteiger partial charge on any atom is -0.372 e. The van der Waals surface area contributed by atoms with Crippen LogP contribution in [0, 0.1) is 0 Å². The van der Waals surface area contributed by atoms with Gasteiger partial charge in [-0.3, -0.25) is 4.79 Å². The summed E-state index contributed by atoms with van der Waals surface area (Å²) in [5, 5.41) is 3.65. The van der Waals surface area contributed by atoms with Gasteiger partial charge in [0.2, 0.25) is 5.91 Å². The molecule has 1 N–H and O–H groups in total. The number of halogens is 1. The molecule has 0 spiro atoms. The SMILES string of the molecule is CC1CN(c2ccc(CNC(=O)CCc3ccccc3Cl)cn2)CC(C)O1. The molecule has 2 unspecified atom stereocenters. The maximum Gasteiger partial charge on any atom is 0.220 e. The van der Waals surface area contributed by atoms with Gasteiger partial charge in [-0.25, -0.2) is 4.98 Å². The summed E-state index contributed by atoms with van der Waals surface area (Å²) in [7, 11) is 0. The van der Waals surface area contributed by atoms with E-state index in [1.54, 1.807) is 0 Å². The van der Waals surface area contributed by atoms with Gasteiger partial charge in [-0.15, -0.1) is 0 Å². The van der Waals surface area contributed by atoms with Crippen molar-refractivity contribution in [1.29, 1.82) is 0 Å². The highest BCUT2D eigenvalue weighted by Crippen LogP contribution is 2.19. The largest absolute Gasteiger partial charge is 0.372 e. The third kappa shape index (κ3) is 5.68. The molecular formula is C21H26ClN3O2. The average molecular weight is 388 g/mol. The summed E-state index contributed by atoms with van der Waals surface area (Å²) < 4.78 is 5.76.